The van der Waals surface area contributed by atoms with E-state index in [0.29, 0.717) is 62.1 Å². The van der Waals surface area contributed by atoms with Crippen LogP contribution in [0.1, 0.15) is 12.5 Å². The summed E-state index contributed by atoms with van der Waals surface area (Å²) < 4.78 is 10.8. The number of phenols is 1. The third-order valence-electron chi connectivity index (χ3n) is 5.58. The highest BCUT2D eigenvalue weighted by Gasteiger charge is 2.17. The first kappa shape index (κ1) is 23.3. The second kappa shape index (κ2) is 10.9. The number of aromatic hydroxyl groups is 1. The van der Waals surface area contributed by atoms with Crippen LogP contribution in [0.3, 0.4) is 0 Å². The molecule has 10 heteroatoms. The summed E-state index contributed by atoms with van der Waals surface area (Å²) in [5.41, 5.74) is 4.45. The number of hydrogen-bond acceptors (Lipinski definition) is 10. The fraction of sp³-hybridized carbons (Fsp3) is 0.231. The molecule has 36 heavy (non-hydrogen) atoms. The standard InChI is InChI=1S/C26H27N7O3/c1-2-36-23-10-7-18(15-22(23)34)17-27-32-25-29-24(30-26(31-25)33-11-13-35-14-12-33)28-21-9-8-19-5-3-4-6-20(19)16-21/h3-10,15-17,34H,2,11-14H2,1H3,(H2,28,29,30,31,32)/b27-17+. The number of nitrogens with zero attached hydrogens (tertiary/aromatic N) is 5. The van der Waals surface area contributed by atoms with E-state index < -0.39 is 0 Å². The van der Waals surface area contributed by atoms with Gasteiger partial charge in [-0.05, 0) is 53.6 Å². The van der Waals surface area contributed by atoms with E-state index in [9.17, 15) is 5.11 Å². The molecule has 0 bridgehead atoms. The third-order valence-corrected chi connectivity index (χ3v) is 5.58. The molecule has 2 heterocycles. The molecule has 3 N–H and O–H groups in total. The van der Waals surface area contributed by atoms with Crippen molar-refractivity contribution in [2.45, 2.75) is 6.92 Å². The number of benzene rings is 3. The Hall–Kier alpha value is -4.44. The van der Waals surface area contributed by atoms with E-state index in [2.05, 4.69) is 60.0 Å². The van der Waals surface area contributed by atoms with Gasteiger partial charge in [0.15, 0.2) is 11.5 Å². The number of fused-ring (bicyclic) bond motifs is 1. The number of hydrogen-bond donors (Lipinski definition) is 3. The number of rotatable bonds is 8. The maximum Gasteiger partial charge on any atom is 0.250 e. The second-order valence-electron chi connectivity index (χ2n) is 8.10. The minimum absolute atomic E-state index is 0.0532. The number of anilines is 4. The van der Waals surface area contributed by atoms with Gasteiger partial charge < -0.3 is 24.8 Å². The normalized spacial score (nSPS) is 13.8. The Labute approximate surface area is 208 Å². The average Bonchev–Trinajstić information content (AvgIpc) is 2.91. The van der Waals surface area contributed by atoms with Crippen LogP contribution in [0.2, 0.25) is 0 Å². The van der Waals surface area contributed by atoms with Crippen molar-refractivity contribution in [3.63, 3.8) is 0 Å². The van der Waals surface area contributed by atoms with Crippen molar-refractivity contribution in [1.29, 1.82) is 0 Å². The molecule has 184 valence electrons. The molecule has 4 aromatic rings. The highest BCUT2D eigenvalue weighted by atomic mass is 16.5. The van der Waals surface area contributed by atoms with E-state index >= 15 is 0 Å². The zero-order valence-electron chi connectivity index (χ0n) is 19.9. The van der Waals surface area contributed by atoms with E-state index in [1.165, 1.54) is 0 Å². The smallest absolute Gasteiger partial charge is 0.250 e. The minimum atomic E-state index is 0.0532. The van der Waals surface area contributed by atoms with Gasteiger partial charge in [0, 0.05) is 18.8 Å². The van der Waals surface area contributed by atoms with Crippen molar-refractivity contribution in [2.75, 3.05) is 48.6 Å². The van der Waals surface area contributed by atoms with Gasteiger partial charge in [0.2, 0.25) is 17.8 Å². The molecule has 0 unspecified atom stereocenters. The summed E-state index contributed by atoms with van der Waals surface area (Å²) >= 11 is 0. The van der Waals surface area contributed by atoms with Crippen molar-refractivity contribution < 1.29 is 14.6 Å². The molecule has 1 aliphatic rings. The van der Waals surface area contributed by atoms with Crippen molar-refractivity contribution in [1.82, 2.24) is 15.0 Å². The molecule has 0 aliphatic carbocycles. The number of hydrazone groups is 1. The molecule has 0 spiro atoms. The molecule has 10 nitrogen and oxygen atoms in total. The van der Waals surface area contributed by atoms with E-state index in [0.717, 1.165) is 16.5 Å². The molecule has 0 radical (unpaired) electrons. The first-order valence-corrected chi connectivity index (χ1v) is 11.8. The van der Waals surface area contributed by atoms with Crippen LogP contribution in [0.25, 0.3) is 10.8 Å². The fourth-order valence-electron chi connectivity index (χ4n) is 3.83. The van der Waals surface area contributed by atoms with Crippen molar-refractivity contribution in [3.05, 3.63) is 66.2 Å². The lowest BCUT2D eigenvalue weighted by Crippen LogP contribution is -2.37. The molecule has 0 saturated carbocycles. The molecule has 1 aromatic heterocycles. The Morgan fingerprint density at radius 2 is 1.81 bits per heavy atom. The molecule has 5 rings (SSSR count). The van der Waals surface area contributed by atoms with Gasteiger partial charge in [-0.2, -0.15) is 20.1 Å². The topological polar surface area (TPSA) is 117 Å². The van der Waals surface area contributed by atoms with Gasteiger partial charge in [-0.3, -0.25) is 0 Å². The van der Waals surface area contributed by atoms with Gasteiger partial charge in [-0.25, -0.2) is 5.43 Å². The van der Waals surface area contributed by atoms with Crippen molar-refractivity contribution in [2.24, 2.45) is 5.10 Å². The molecule has 0 amide bonds. The maximum atomic E-state index is 10.1. The maximum absolute atomic E-state index is 10.1. The van der Waals surface area contributed by atoms with E-state index in [1.807, 2.05) is 25.1 Å². The van der Waals surface area contributed by atoms with Crippen molar-refractivity contribution >= 4 is 40.5 Å². The first-order valence-electron chi connectivity index (χ1n) is 11.8. The summed E-state index contributed by atoms with van der Waals surface area (Å²) in [6.07, 6.45) is 1.57. The van der Waals surface area contributed by atoms with Gasteiger partial charge in [0.05, 0.1) is 26.0 Å². The Kier molecular flexibility index (Phi) is 7.04. The summed E-state index contributed by atoms with van der Waals surface area (Å²) in [5.74, 6) is 1.71. The van der Waals surface area contributed by atoms with Crippen LogP contribution >= 0.6 is 0 Å². The molecule has 1 saturated heterocycles. The fourth-order valence-corrected chi connectivity index (χ4v) is 3.83. The summed E-state index contributed by atoms with van der Waals surface area (Å²) in [6, 6.07) is 19.3. The lowest BCUT2D eigenvalue weighted by Gasteiger charge is -2.27. The van der Waals surface area contributed by atoms with Crippen molar-refractivity contribution in [3.8, 4) is 11.5 Å². The van der Waals surface area contributed by atoms with E-state index in [1.54, 1.807) is 24.4 Å². The summed E-state index contributed by atoms with van der Waals surface area (Å²) in [7, 11) is 0. The summed E-state index contributed by atoms with van der Waals surface area (Å²) in [4.78, 5) is 15.7. The van der Waals surface area contributed by atoms with E-state index in [4.69, 9.17) is 9.47 Å². The number of nitrogens with one attached hydrogen (secondary N) is 2. The monoisotopic (exact) mass is 485 g/mol. The first-order chi connectivity index (χ1) is 17.7. The van der Waals surface area contributed by atoms with Gasteiger partial charge in [0.25, 0.3) is 0 Å². The Bertz CT molecular complexity index is 1370. The van der Waals surface area contributed by atoms with Crippen LogP contribution < -0.4 is 20.4 Å². The van der Waals surface area contributed by atoms with Gasteiger partial charge in [-0.15, -0.1) is 0 Å². The summed E-state index contributed by atoms with van der Waals surface area (Å²) in [6.45, 7) is 4.94. The predicted octanol–water partition coefficient (Wildman–Crippen LogP) is 4.16. The molecule has 0 atom stereocenters. The number of phenolic OH excluding ortho intramolecular Hbond substituents is 1. The third kappa shape index (κ3) is 5.61. The largest absolute Gasteiger partial charge is 0.504 e. The molecule has 1 fully saturated rings. The van der Waals surface area contributed by atoms with Crippen LogP contribution in [0.15, 0.2) is 65.8 Å². The quantitative estimate of drug-likeness (QED) is 0.250. The molecule has 1 aliphatic heterocycles. The lowest BCUT2D eigenvalue weighted by molar-refractivity contribution is 0.122. The molecule has 3 aromatic carbocycles. The molecular formula is C26H27N7O3. The van der Waals surface area contributed by atoms with Gasteiger partial charge in [-0.1, -0.05) is 30.3 Å². The highest BCUT2D eigenvalue weighted by Crippen LogP contribution is 2.26. The second-order valence-corrected chi connectivity index (χ2v) is 8.10. The predicted molar refractivity (Wildman–Crippen MR) is 141 cm³/mol. The molecular weight excluding hydrogens is 458 g/mol. The van der Waals surface area contributed by atoms with Crippen LogP contribution in [0.4, 0.5) is 23.5 Å². The lowest BCUT2D eigenvalue weighted by atomic mass is 10.1. The number of morpholine rings is 1. The SMILES string of the molecule is CCOc1ccc(/C=N/Nc2nc(Nc3ccc4ccccc4c3)nc(N3CCOCC3)n2)cc1O. The minimum Gasteiger partial charge on any atom is -0.504 e. The zero-order chi connectivity index (χ0) is 24.7. The zero-order valence-corrected chi connectivity index (χ0v) is 19.9. The Morgan fingerprint density at radius 3 is 2.61 bits per heavy atom. The van der Waals surface area contributed by atoms with Crippen LogP contribution in [0, 0.1) is 0 Å². The van der Waals surface area contributed by atoms with Crippen LogP contribution in [0.5, 0.6) is 11.5 Å². The Balaban J connectivity index is 1.38. The Morgan fingerprint density at radius 1 is 1.00 bits per heavy atom. The van der Waals surface area contributed by atoms with Crippen LogP contribution in [-0.4, -0.2) is 59.2 Å². The van der Waals surface area contributed by atoms with Gasteiger partial charge >= 0.3 is 0 Å². The number of aromatic nitrogens is 3. The number of ether oxygens (including phenoxy) is 2. The summed E-state index contributed by atoms with van der Waals surface area (Å²) in [5, 5.41) is 19.9. The van der Waals surface area contributed by atoms with Crippen LogP contribution in [-0.2, 0) is 4.74 Å². The average molecular weight is 486 g/mol. The van der Waals surface area contributed by atoms with Gasteiger partial charge in [0.1, 0.15) is 0 Å². The van der Waals surface area contributed by atoms with E-state index in [-0.39, 0.29) is 5.75 Å². The highest BCUT2D eigenvalue weighted by molar-refractivity contribution is 5.86.